The highest BCUT2D eigenvalue weighted by Gasteiger charge is 2.53. The van der Waals surface area contributed by atoms with Gasteiger partial charge in [-0.05, 0) is 73.4 Å². The molecule has 5 rings (SSSR count). The minimum absolute atomic E-state index is 0. The molecule has 144 valence electrons. The van der Waals surface area contributed by atoms with Crippen molar-refractivity contribution in [2.24, 2.45) is 5.92 Å². The molecule has 0 aromatic heterocycles. The Morgan fingerprint density at radius 2 is 1.89 bits per heavy atom. The Hall–Kier alpha value is -1.51. The van der Waals surface area contributed by atoms with E-state index >= 15 is 0 Å². The van der Waals surface area contributed by atoms with Crippen LogP contribution in [0.2, 0.25) is 0 Å². The first-order valence-corrected chi connectivity index (χ1v) is 10.4. The summed E-state index contributed by atoms with van der Waals surface area (Å²) in [6.45, 7) is 2.39. The number of phenolic OH excluding ortho intramolecular Hbond substituents is 1. The maximum Gasteiger partial charge on any atom is 0.115 e. The van der Waals surface area contributed by atoms with Crippen LogP contribution in [-0.4, -0.2) is 29.1 Å². The summed E-state index contributed by atoms with van der Waals surface area (Å²) in [5, 5.41) is 10.1. The van der Waals surface area contributed by atoms with Crippen molar-refractivity contribution in [3.05, 3.63) is 65.2 Å². The van der Waals surface area contributed by atoms with Gasteiger partial charge >= 0.3 is 0 Å². The average molecular weight is 384 g/mol. The van der Waals surface area contributed by atoms with E-state index in [1.807, 2.05) is 6.07 Å². The third kappa shape index (κ3) is 3.17. The van der Waals surface area contributed by atoms with Crippen LogP contribution in [0.3, 0.4) is 0 Å². The first-order chi connectivity index (χ1) is 12.8. The molecule has 2 aliphatic carbocycles. The molecule has 0 unspecified atom stereocenters. The molecule has 3 aliphatic rings. The summed E-state index contributed by atoms with van der Waals surface area (Å²) in [4.78, 5) is 2.79. The van der Waals surface area contributed by atoms with Crippen LogP contribution >= 0.6 is 12.4 Å². The zero-order valence-corrected chi connectivity index (χ0v) is 16.8. The first kappa shape index (κ1) is 18.8. The van der Waals surface area contributed by atoms with Crippen molar-refractivity contribution in [2.45, 2.75) is 56.4 Å². The monoisotopic (exact) mass is 383 g/mol. The molecule has 1 heterocycles. The van der Waals surface area contributed by atoms with Crippen molar-refractivity contribution in [3.8, 4) is 5.75 Å². The zero-order chi connectivity index (χ0) is 17.6. The predicted molar refractivity (Wildman–Crippen MR) is 113 cm³/mol. The molecule has 2 nitrogen and oxygen atoms in total. The number of likely N-dealkylation sites (tertiary alicyclic amines) is 1. The second-order valence-electron chi connectivity index (χ2n) is 8.64. The standard InChI is InChI=1S/C24H29NO.ClH/c26-20-10-9-19-16-23-21-8-4-5-12-24(21,22(19)17-20)13-15-25(23)14-11-18-6-2-1-3-7-18;/h1-3,6-7,9-10,17,21,23,26H,4-5,8,11-16H2;1H/t21-,23-,24-;/m0./s1. The minimum Gasteiger partial charge on any atom is -0.508 e. The highest BCUT2D eigenvalue weighted by molar-refractivity contribution is 5.85. The Kier molecular flexibility index (Phi) is 5.22. The lowest BCUT2D eigenvalue weighted by atomic mass is 9.52. The molecule has 0 amide bonds. The van der Waals surface area contributed by atoms with Crippen molar-refractivity contribution in [1.82, 2.24) is 4.90 Å². The number of phenols is 1. The fourth-order valence-electron chi connectivity index (χ4n) is 6.27. The summed E-state index contributed by atoms with van der Waals surface area (Å²) in [6, 6.07) is 17.8. The molecular formula is C24H30ClNO. The van der Waals surface area contributed by atoms with Crippen LogP contribution in [-0.2, 0) is 18.3 Å². The number of hydrogen-bond acceptors (Lipinski definition) is 2. The van der Waals surface area contributed by atoms with Gasteiger partial charge in [0, 0.05) is 18.0 Å². The van der Waals surface area contributed by atoms with Gasteiger partial charge in [-0.3, -0.25) is 4.90 Å². The number of rotatable bonds is 3. The van der Waals surface area contributed by atoms with Gasteiger partial charge in [-0.25, -0.2) is 0 Å². The molecule has 1 saturated heterocycles. The summed E-state index contributed by atoms with van der Waals surface area (Å²) in [5.74, 6) is 1.22. The van der Waals surface area contributed by atoms with E-state index < -0.39 is 0 Å². The summed E-state index contributed by atoms with van der Waals surface area (Å²) in [5.41, 5.74) is 4.77. The van der Waals surface area contributed by atoms with Crippen LogP contribution in [0.4, 0.5) is 0 Å². The van der Waals surface area contributed by atoms with Gasteiger partial charge in [0.25, 0.3) is 0 Å². The highest BCUT2D eigenvalue weighted by Crippen LogP contribution is 2.56. The number of fused-ring (bicyclic) bond motifs is 1. The fourth-order valence-corrected chi connectivity index (χ4v) is 6.27. The van der Waals surface area contributed by atoms with Crippen LogP contribution in [0, 0.1) is 5.92 Å². The Balaban J connectivity index is 0.00000180. The first-order valence-electron chi connectivity index (χ1n) is 10.4. The predicted octanol–water partition coefficient (Wildman–Crippen LogP) is 5.12. The second kappa shape index (κ2) is 7.48. The van der Waals surface area contributed by atoms with Crippen LogP contribution < -0.4 is 0 Å². The topological polar surface area (TPSA) is 23.5 Å². The van der Waals surface area contributed by atoms with E-state index in [-0.39, 0.29) is 12.4 Å². The van der Waals surface area contributed by atoms with E-state index in [4.69, 9.17) is 0 Å². The van der Waals surface area contributed by atoms with Crippen molar-refractivity contribution in [2.75, 3.05) is 13.1 Å². The van der Waals surface area contributed by atoms with Crippen LogP contribution in [0.5, 0.6) is 5.75 Å². The quantitative estimate of drug-likeness (QED) is 0.795. The fraction of sp³-hybridized carbons (Fsp3) is 0.500. The van der Waals surface area contributed by atoms with Gasteiger partial charge in [-0.15, -0.1) is 12.4 Å². The largest absolute Gasteiger partial charge is 0.508 e. The molecule has 3 atom stereocenters. The van der Waals surface area contributed by atoms with E-state index in [0.29, 0.717) is 17.2 Å². The van der Waals surface area contributed by atoms with E-state index in [9.17, 15) is 5.11 Å². The molecule has 3 heteroatoms. The molecule has 2 fully saturated rings. The van der Waals surface area contributed by atoms with Crippen LogP contribution in [0.25, 0.3) is 0 Å². The van der Waals surface area contributed by atoms with Gasteiger partial charge in [-0.2, -0.15) is 0 Å². The number of hydrogen-bond donors (Lipinski definition) is 1. The van der Waals surface area contributed by atoms with Crippen molar-refractivity contribution in [1.29, 1.82) is 0 Å². The molecule has 1 N–H and O–H groups in total. The minimum atomic E-state index is 0. The van der Waals surface area contributed by atoms with E-state index in [0.717, 1.165) is 18.8 Å². The highest BCUT2D eigenvalue weighted by atomic mass is 35.5. The average Bonchev–Trinajstić information content (AvgIpc) is 2.69. The number of halogens is 1. The maximum atomic E-state index is 10.1. The molecule has 0 radical (unpaired) electrons. The molecule has 2 aromatic rings. The Morgan fingerprint density at radius 3 is 2.74 bits per heavy atom. The molecule has 1 saturated carbocycles. The smallest absolute Gasteiger partial charge is 0.115 e. The van der Waals surface area contributed by atoms with Crippen molar-refractivity contribution < 1.29 is 5.11 Å². The SMILES string of the molecule is Cl.Oc1ccc2c(c1)[C@]13CCCC[C@H]1[C@H](C2)N(CCc1ccccc1)CC3. The zero-order valence-electron chi connectivity index (χ0n) is 15.9. The van der Waals surface area contributed by atoms with Gasteiger partial charge in [-0.1, -0.05) is 49.2 Å². The third-order valence-electron chi connectivity index (χ3n) is 7.47. The van der Waals surface area contributed by atoms with Gasteiger partial charge in [0.05, 0.1) is 0 Å². The summed E-state index contributed by atoms with van der Waals surface area (Å²) in [6.07, 6.45) is 8.99. The lowest BCUT2D eigenvalue weighted by Gasteiger charge is -2.59. The summed E-state index contributed by atoms with van der Waals surface area (Å²) in [7, 11) is 0. The molecule has 2 bridgehead atoms. The van der Waals surface area contributed by atoms with Crippen LogP contribution in [0.15, 0.2) is 48.5 Å². The van der Waals surface area contributed by atoms with Crippen molar-refractivity contribution in [3.63, 3.8) is 0 Å². The number of benzene rings is 2. The summed E-state index contributed by atoms with van der Waals surface area (Å²) >= 11 is 0. The molecule has 0 spiro atoms. The van der Waals surface area contributed by atoms with Crippen molar-refractivity contribution >= 4 is 12.4 Å². The van der Waals surface area contributed by atoms with Gasteiger partial charge in [0.1, 0.15) is 5.75 Å². The molecule has 1 aliphatic heterocycles. The molecular weight excluding hydrogens is 354 g/mol. The lowest BCUT2D eigenvalue weighted by Crippen LogP contribution is -2.61. The van der Waals surface area contributed by atoms with Crippen LogP contribution in [0.1, 0.15) is 48.8 Å². The lowest BCUT2D eigenvalue weighted by molar-refractivity contribution is -0.0106. The Labute approximate surface area is 169 Å². The number of aromatic hydroxyl groups is 1. The number of piperidine rings is 1. The maximum absolute atomic E-state index is 10.1. The van der Waals surface area contributed by atoms with Gasteiger partial charge in [0.2, 0.25) is 0 Å². The van der Waals surface area contributed by atoms with E-state index in [1.165, 1.54) is 61.9 Å². The Morgan fingerprint density at radius 1 is 1.04 bits per heavy atom. The number of nitrogens with zero attached hydrogens (tertiary/aromatic N) is 1. The second-order valence-corrected chi connectivity index (χ2v) is 8.64. The van der Waals surface area contributed by atoms with E-state index in [1.54, 1.807) is 0 Å². The van der Waals surface area contributed by atoms with E-state index in [2.05, 4.69) is 47.4 Å². The van der Waals surface area contributed by atoms with Gasteiger partial charge < -0.3 is 5.11 Å². The molecule has 27 heavy (non-hydrogen) atoms. The Bertz CT molecular complexity index is 792. The third-order valence-corrected chi connectivity index (χ3v) is 7.47. The van der Waals surface area contributed by atoms with Gasteiger partial charge in [0.15, 0.2) is 0 Å². The molecule has 2 aromatic carbocycles. The summed E-state index contributed by atoms with van der Waals surface area (Å²) < 4.78 is 0. The normalized spacial score (nSPS) is 29.3.